The molecule has 2 N–H and O–H groups in total. The molecule has 0 unspecified atom stereocenters. The summed E-state index contributed by atoms with van der Waals surface area (Å²) < 4.78 is 2.10. The molecule has 3 aromatic rings. The van der Waals surface area contributed by atoms with Crippen LogP contribution in [0.15, 0.2) is 23.3 Å². The maximum atomic E-state index is 5.99. The number of nitrogens with zero attached hydrogens (tertiary/aromatic N) is 4. The van der Waals surface area contributed by atoms with Crippen molar-refractivity contribution in [2.75, 3.05) is 5.73 Å². The van der Waals surface area contributed by atoms with E-state index in [0.29, 0.717) is 12.5 Å². The fourth-order valence-electron chi connectivity index (χ4n) is 2.72. The summed E-state index contributed by atoms with van der Waals surface area (Å²) in [4.78, 5) is 13.2. The lowest BCUT2D eigenvalue weighted by molar-refractivity contribution is 0.778. The van der Waals surface area contributed by atoms with E-state index in [1.807, 2.05) is 19.2 Å². The molecule has 18 heavy (non-hydrogen) atoms. The first-order valence-electron chi connectivity index (χ1n) is 5.80. The number of aromatic nitrogens is 3. The van der Waals surface area contributed by atoms with Gasteiger partial charge in [-0.3, -0.25) is 4.99 Å². The van der Waals surface area contributed by atoms with Gasteiger partial charge in [0, 0.05) is 28.9 Å². The third-order valence-corrected chi connectivity index (χ3v) is 3.44. The molecular formula is C13H11N5. The lowest BCUT2D eigenvalue weighted by Crippen LogP contribution is -2.08. The van der Waals surface area contributed by atoms with Crippen LogP contribution in [-0.2, 0) is 6.67 Å². The van der Waals surface area contributed by atoms with E-state index in [9.17, 15) is 0 Å². The van der Waals surface area contributed by atoms with Gasteiger partial charge in [0.1, 0.15) is 18.1 Å². The highest BCUT2D eigenvalue weighted by Gasteiger charge is 2.20. The van der Waals surface area contributed by atoms with E-state index >= 15 is 0 Å². The van der Waals surface area contributed by atoms with Crippen molar-refractivity contribution in [3.8, 4) is 0 Å². The van der Waals surface area contributed by atoms with Gasteiger partial charge < -0.3 is 10.3 Å². The van der Waals surface area contributed by atoms with Gasteiger partial charge in [-0.1, -0.05) is 0 Å². The van der Waals surface area contributed by atoms with Crippen molar-refractivity contribution in [1.82, 2.24) is 14.5 Å². The number of pyridine rings is 2. The Bertz CT molecular complexity index is 828. The highest BCUT2D eigenvalue weighted by molar-refractivity contribution is 6.15. The van der Waals surface area contributed by atoms with Crippen molar-refractivity contribution in [2.24, 2.45) is 4.99 Å². The first-order valence-corrected chi connectivity index (χ1v) is 5.80. The quantitative estimate of drug-likeness (QED) is 0.648. The molecule has 0 radical (unpaired) electrons. The summed E-state index contributed by atoms with van der Waals surface area (Å²) in [5, 5.41) is 2.25. The minimum atomic E-state index is 0.535. The number of hydrogen-bond donors (Lipinski definition) is 1. The topological polar surface area (TPSA) is 69.1 Å². The van der Waals surface area contributed by atoms with Crippen molar-refractivity contribution in [2.45, 2.75) is 13.6 Å². The van der Waals surface area contributed by atoms with Crippen molar-refractivity contribution in [3.63, 3.8) is 0 Å². The second kappa shape index (κ2) is 3.07. The van der Waals surface area contributed by atoms with Crippen LogP contribution in [-0.4, -0.2) is 20.7 Å². The van der Waals surface area contributed by atoms with Gasteiger partial charge in [-0.25, -0.2) is 9.97 Å². The first-order chi connectivity index (χ1) is 8.77. The molecule has 1 aliphatic rings. The second-order valence-corrected chi connectivity index (χ2v) is 4.48. The fourth-order valence-corrected chi connectivity index (χ4v) is 2.72. The van der Waals surface area contributed by atoms with E-state index in [-0.39, 0.29) is 0 Å². The molecule has 3 aromatic heterocycles. The van der Waals surface area contributed by atoms with Crippen molar-refractivity contribution in [3.05, 3.63) is 29.6 Å². The van der Waals surface area contributed by atoms with Crippen LogP contribution in [0.1, 0.15) is 11.3 Å². The monoisotopic (exact) mass is 237 g/mol. The van der Waals surface area contributed by atoms with E-state index in [0.717, 1.165) is 33.2 Å². The fraction of sp³-hybridized carbons (Fsp3) is 0.154. The molecule has 0 fully saturated rings. The van der Waals surface area contributed by atoms with Crippen molar-refractivity contribution < 1.29 is 0 Å². The maximum absolute atomic E-state index is 5.99. The Morgan fingerprint density at radius 3 is 3.17 bits per heavy atom. The molecule has 5 heteroatoms. The summed E-state index contributed by atoms with van der Waals surface area (Å²) >= 11 is 0. The summed E-state index contributed by atoms with van der Waals surface area (Å²) in [5.41, 5.74) is 9.88. The van der Waals surface area contributed by atoms with E-state index < -0.39 is 0 Å². The minimum Gasteiger partial charge on any atom is -0.383 e. The number of anilines is 1. The molecular weight excluding hydrogens is 226 g/mol. The van der Waals surface area contributed by atoms with Gasteiger partial charge in [0.2, 0.25) is 0 Å². The zero-order valence-corrected chi connectivity index (χ0v) is 9.88. The summed E-state index contributed by atoms with van der Waals surface area (Å²) in [6.45, 7) is 2.57. The van der Waals surface area contributed by atoms with Crippen LogP contribution < -0.4 is 5.73 Å². The van der Waals surface area contributed by atoms with Crippen LogP contribution >= 0.6 is 0 Å². The molecule has 4 heterocycles. The molecule has 0 saturated heterocycles. The summed E-state index contributed by atoms with van der Waals surface area (Å²) in [5.74, 6) is 0.535. The Morgan fingerprint density at radius 2 is 2.28 bits per heavy atom. The van der Waals surface area contributed by atoms with Crippen LogP contribution in [0, 0.1) is 6.92 Å². The minimum absolute atomic E-state index is 0.535. The molecule has 0 aliphatic carbocycles. The smallest absolute Gasteiger partial charge is 0.142 e. The van der Waals surface area contributed by atoms with Gasteiger partial charge in [0.25, 0.3) is 0 Å². The number of nitrogens with two attached hydrogens (primary N) is 1. The average Bonchev–Trinajstić information content (AvgIpc) is 2.72. The van der Waals surface area contributed by atoms with Gasteiger partial charge in [-0.05, 0) is 19.1 Å². The Balaban J connectivity index is 2.40. The Kier molecular flexibility index (Phi) is 1.63. The van der Waals surface area contributed by atoms with Gasteiger partial charge in [-0.2, -0.15) is 0 Å². The summed E-state index contributed by atoms with van der Waals surface area (Å²) in [6, 6.07) is 4.02. The average molecular weight is 237 g/mol. The Morgan fingerprint density at radius 1 is 1.39 bits per heavy atom. The second-order valence-electron chi connectivity index (χ2n) is 4.48. The van der Waals surface area contributed by atoms with Crippen LogP contribution in [0.5, 0.6) is 0 Å². The molecule has 0 saturated carbocycles. The van der Waals surface area contributed by atoms with Crippen LogP contribution in [0.3, 0.4) is 0 Å². The zero-order valence-electron chi connectivity index (χ0n) is 9.88. The van der Waals surface area contributed by atoms with Crippen molar-refractivity contribution >= 4 is 34.0 Å². The molecule has 5 nitrogen and oxygen atoms in total. The van der Waals surface area contributed by atoms with E-state index in [1.165, 1.54) is 0 Å². The number of rotatable bonds is 0. The normalized spacial score (nSPS) is 13.6. The summed E-state index contributed by atoms with van der Waals surface area (Å²) in [6.07, 6.45) is 3.61. The highest BCUT2D eigenvalue weighted by Crippen LogP contribution is 2.34. The predicted molar refractivity (Wildman–Crippen MR) is 71.8 cm³/mol. The zero-order chi connectivity index (χ0) is 12.3. The van der Waals surface area contributed by atoms with Gasteiger partial charge in [0.05, 0.1) is 11.1 Å². The summed E-state index contributed by atoms with van der Waals surface area (Å²) in [7, 11) is 0. The lowest BCUT2D eigenvalue weighted by atomic mass is 10.1. The van der Waals surface area contributed by atoms with Crippen LogP contribution in [0.4, 0.5) is 5.82 Å². The van der Waals surface area contributed by atoms with Gasteiger partial charge in [-0.15, -0.1) is 0 Å². The van der Waals surface area contributed by atoms with Crippen LogP contribution in [0.2, 0.25) is 0 Å². The van der Waals surface area contributed by atoms with Gasteiger partial charge in [0.15, 0.2) is 0 Å². The Labute approximate surface area is 103 Å². The molecule has 0 spiro atoms. The molecule has 1 aliphatic heterocycles. The number of hydrogen-bond acceptors (Lipinski definition) is 4. The third-order valence-electron chi connectivity index (χ3n) is 3.44. The highest BCUT2D eigenvalue weighted by atomic mass is 15.1. The van der Waals surface area contributed by atoms with Gasteiger partial charge >= 0.3 is 0 Å². The molecule has 0 atom stereocenters. The number of nitrogen functional groups attached to an aromatic ring is 1. The third kappa shape index (κ3) is 0.989. The molecule has 4 rings (SSSR count). The first kappa shape index (κ1) is 9.58. The van der Waals surface area contributed by atoms with E-state index in [4.69, 9.17) is 5.73 Å². The lowest BCUT2D eigenvalue weighted by Gasteiger charge is -2.12. The Hall–Kier alpha value is -2.43. The number of aliphatic imine (C=N–C) groups is 1. The van der Waals surface area contributed by atoms with E-state index in [1.54, 1.807) is 6.20 Å². The molecule has 0 bridgehead atoms. The predicted octanol–water partition coefficient (Wildman–Crippen LogP) is 1.87. The van der Waals surface area contributed by atoms with E-state index in [2.05, 4.69) is 25.6 Å². The molecule has 0 aromatic carbocycles. The maximum Gasteiger partial charge on any atom is 0.142 e. The molecule has 88 valence electrons. The van der Waals surface area contributed by atoms with Crippen LogP contribution in [0.25, 0.3) is 21.9 Å². The van der Waals surface area contributed by atoms with Crippen molar-refractivity contribution in [1.29, 1.82) is 0 Å². The number of fused-ring (bicyclic) bond motifs is 3. The standard InChI is InChI=1S/C13H11N5/c1-7-10-8-3-2-4-16-13(8)18-6-15-5-9(11(10)18)12(14)17-7/h2-5H,6H2,1H3,(H2,14,17). The molecule has 0 amide bonds. The largest absolute Gasteiger partial charge is 0.383 e. The number of aryl methyl sites for hydroxylation is 1. The SMILES string of the molecule is Cc1nc(N)c2c3c1c1cccnc1n3CN=C2.